The standard InChI is InChI=1S/C21H29N5O2/c1-24(2)20-12-18(22-16-23-20)11-17-13-25(3)9-10-26(14-17)21(27)15-28-19-7-5-4-6-8-19/h4-8,12,16-17H,9-11,13-15H2,1-3H3. The zero-order valence-electron chi connectivity index (χ0n) is 16.9. The minimum absolute atomic E-state index is 0.0285. The smallest absolute Gasteiger partial charge is 0.260 e. The van der Waals surface area contributed by atoms with Gasteiger partial charge in [0.05, 0.1) is 0 Å². The van der Waals surface area contributed by atoms with Crippen molar-refractivity contribution in [2.75, 3.05) is 58.8 Å². The van der Waals surface area contributed by atoms with Crippen LogP contribution in [0.4, 0.5) is 5.82 Å². The second-order valence-corrected chi connectivity index (χ2v) is 7.54. The zero-order valence-corrected chi connectivity index (χ0v) is 16.9. The Labute approximate surface area is 166 Å². The molecule has 2 aromatic rings. The molecule has 0 N–H and O–H groups in total. The molecule has 1 fully saturated rings. The van der Waals surface area contributed by atoms with E-state index < -0.39 is 0 Å². The fraction of sp³-hybridized carbons (Fsp3) is 0.476. The number of aromatic nitrogens is 2. The van der Waals surface area contributed by atoms with Crippen molar-refractivity contribution in [2.45, 2.75) is 6.42 Å². The Kier molecular flexibility index (Phi) is 6.81. The van der Waals surface area contributed by atoms with Crippen LogP contribution in [0.25, 0.3) is 0 Å². The third-order valence-electron chi connectivity index (χ3n) is 4.92. The van der Waals surface area contributed by atoms with Crippen LogP contribution in [0.3, 0.4) is 0 Å². The Morgan fingerprint density at radius 1 is 1.18 bits per heavy atom. The SMILES string of the molecule is CN1CCN(C(=O)COc2ccccc2)CC(Cc2cc(N(C)C)ncn2)C1. The van der Waals surface area contributed by atoms with Crippen molar-refractivity contribution in [2.24, 2.45) is 5.92 Å². The molecule has 1 unspecified atom stereocenters. The minimum atomic E-state index is 0.0285. The summed E-state index contributed by atoms with van der Waals surface area (Å²) in [5.41, 5.74) is 1.01. The van der Waals surface area contributed by atoms with E-state index in [1.165, 1.54) is 0 Å². The minimum Gasteiger partial charge on any atom is -0.484 e. The summed E-state index contributed by atoms with van der Waals surface area (Å²) in [4.78, 5) is 27.6. The second-order valence-electron chi connectivity index (χ2n) is 7.54. The molecule has 1 aliphatic heterocycles. The van der Waals surface area contributed by atoms with Gasteiger partial charge in [0.1, 0.15) is 17.9 Å². The van der Waals surface area contributed by atoms with E-state index in [9.17, 15) is 4.79 Å². The molecular formula is C21H29N5O2. The number of ether oxygens (including phenoxy) is 1. The third-order valence-corrected chi connectivity index (χ3v) is 4.92. The van der Waals surface area contributed by atoms with Gasteiger partial charge in [0.25, 0.3) is 5.91 Å². The lowest BCUT2D eigenvalue weighted by atomic mass is 10.0. The highest BCUT2D eigenvalue weighted by molar-refractivity contribution is 5.77. The van der Waals surface area contributed by atoms with Crippen molar-refractivity contribution in [3.8, 4) is 5.75 Å². The molecule has 0 radical (unpaired) electrons. The normalized spacial score (nSPS) is 17.8. The Morgan fingerprint density at radius 3 is 2.71 bits per heavy atom. The molecule has 1 atom stereocenters. The van der Waals surface area contributed by atoms with E-state index in [1.807, 2.05) is 60.3 Å². The number of likely N-dealkylation sites (N-methyl/N-ethyl adjacent to an activating group) is 1. The average molecular weight is 383 g/mol. The summed E-state index contributed by atoms with van der Waals surface area (Å²) in [6.45, 7) is 3.29. The van der Waals surface area contributed by atoms with Gasteiger partial charge in [-0.05, 0) is 31.5 Å². The van der Waals surface area contributed by atoms with Crippen LogP contribution in [0.2, 0.25) is 0 Å². The summed E-state index contributed by atoms with van der Waals surface area (Å²) in [5.74, 6) is 1.96. The number of carbonyl (C=O) groups excluding carboxylic acids is 1. The fourth-order valence-electron chi connectivity index (χ4n) is 3.43. The number of para-hydroxylation sites is 1. The van der Waals surface area contributed by atoms with Gasteiger partial charge in [0.15, 0.2) is 6.61 Å². The number of hydrogen-bond donors (Lipinski definition) is 0. The lowest BCUT2D eigenvalue weighted by molar-refractivity contribution is -0.133. The summed E-state index contributed by atoms with van der Waals surface area (Å²) < 4.78 is 5.65. The number of benzene rings is 1. The van der Waals surface area contributed by atoms with E-state index in [1.54, 1.807) is 6.33 Å². The van der Waals surface area contributed by atoms with Gasteiger partial charge in [-0.3, -0.25) is 4.79 Å². The monoisotopic (exact) mass is 383 g/mol. The Hall–Kier alpha value is -2.67. The molecule has 1 aliphatic rings. The van der Waals surface area contributed by atoms with Crippen molar-refractivity contribution < 1.29 is 9.53 Å². The Bertz CT molecular complexity index is 768. The first kappa shape index (κ1) is 20.1. The molecule has 3 rings (SSSR count). The average Bonchev–Trinajstić information content (AvgIpc) is 2.88. The van der Waals surface area contributed by atoms with Crippen LogP contribution < -0.4 is 9.64 Å². The van der Waals surface area contributed by atoms with Crippen LogP contribution >= 0.6 is 0 Å². The molecule has 2 heterocycles. The molecule has 0 spiro atoms. The fourth-order valence-corrected chi connectivity index (χ4v) is 3.43. The van der Waals surface area contributed by atoms with Gasteiger partial charge < -0.3 is 19.4 Å². The van der Waals surface area contributed by atoms with Crippen LogP contribution in [0.1, 0.15) is 5.69 Å². The Morgan fingerprint density at radius 2 is 1.96 bits per heavy atom. The topological polar surface area (TPSA) is 61.8 Å². The molecule has 1 amide bonds. The maximum absolute atomic E-state index is 12.7. The van der Waals surface area contributed by atoms with Crippen LogP contribution in [-0.2, 0) is 11.2 Å². The number of nitrogens with zero attached hydrogens (tertiary/aromatic N) is 5. The second kappa shape index (κ2) is 9.50. The van der Waals surface area contributed by atoms with Crippen molar-refractivity contribution in [1.82, 2.24) is 19.8 Å². The van der Waals surface area contributed by atoms with Crippen molar-refractivity contribution in [3.05, 3.63) is 48.4 Å². The molecule has 1 saturated heterocycles. The largest absolute Gasteiger partial charge is 0.484 e. The molecule has 1 aromatic carbocycles. The van der Waals surface area contributed by atoms with Crippen LogP contribution in [0.5, 0.6) is 5.75 Å². The van der Waals surface area contributed by atoms with E-state index in [0.29, 0.717) is 12.5 Å². The lowest BCUT2D eigenvalue weighted by Crippen LogP contribution is -2.39. The van der Waals surface area contributed by atoms with Gasteiger partial charge in [-0.2, -0.15) is 0 Å². The Balaban J connectivity index is 1.62. The molecule has 0 bridgehead atoms. The molecule has 28 heavy (non-hydrogen) atoms. The predicted octanol–water partition coefficient (Wildman–Crippen LogP) is 1.55. The maximum Gasteiger partial charge on any atom is 0.260 e. The summed E-state index contributed by atoms with van der Waals surface area (Å²) in [6.07, 6.45) is 2.43. The maximum atomic E-state index is 12.7. The van der Waals surface area contributed by atoms with Gasteiger partial charge in [-0.25, -0.2) is 9.97 Å². The molecule has 1 aromatic heterocycles. The summed E-state index contributed by atoms with van der Waals surface area (Å²) in [5, 5.41) is 0. The van der Waals surface area contributed by atoms with Crippen molar-refractivity contribution >= 4 is 11.7 Å². The van der Waals surface area contributed by atoms with Crippen molar-refractivity contribution in [3.63, 3.8) is 0 Å². The number of rotatable bonds is 6. The van der Waals surface area contributed by atoms with Crippen molar-refractivity contribution in [1.29, 1.82) is 0 Å². The number of anilines is 1. The van der Waals surface area contributed by atoms with E-state index >= 15 is 0 Å². The predicted molar refractivity (Wildman–Crippen MR) is 110 cm³/mol. The third kappa shape index (κ3) is 5.66. The summed E-state index contributed by atoms with van der Waals surface area (Å²) in [7, 11) is 6.05. The lowest BCUT2D eigenvalue weighted by Gasteiger charge is -2.24. The van der Waals surface area contributed by atoms with Crippen LogP contribution in [-0.4, -0.2) is 79.6 Å². The first-order chi connectivity index (χ1) is 13.5. The van der Waals surface area contributed by atoms with E-state index in [0.717, 1.165) is 43.3 Å². The molecule has 7 heteroatoms. The zero-order chi connectivity index (χ0) is 19.9. The highest BCUT2D eigenvalue weighted by Gasteiger charge is 2.25. The van der Waals surface area contributed by atoms with Crippen LogP contribution in [0, 0.1) is 5.92 Å². The molecule has 7 nitrogen and oxygen atoms in total. The van der Waals surface area contributed by atoms with E-state index in [4.69, 9.17) is 4.74 Å². The van der Waals surface area contributed by atoms with Gasteiger partial charge in [0.2, 0.25) is 0 Å². The quantitative estimate of drug-likeness (QED) is 0.754. The number of amides is 1. The van der Waals surface area contributed by atoms with Gasteiger partial charge in [-0.15, -0.1) is 0 Å². The number of hydrogen-bond acceptors (Lipinski definition) is 6. The van der Waals surface area contributed by atoms with Crippen LogP contribution in [0.15, 0.2) is 42.7 Å². The number of carbonyl (C=O) groups is 1. The molecule has 0 aliphatic carbocycles. The van der Waals surface area contributed by atoms with Gasteiger partial charge >= 0.3 is 0 Å². The van der Waals surface area contributed by atoms with E-state index in [-0.39, 0.29) is 12.5 Å². The highest BCUT2D eigenvalue weighted by Crippen LogP contribution is 2.16. The van der Waals surface area contributed by atoms with E-state index in [2.05, 4.69) is 21.9 Å². The first-order valence-corrected chi connectivity index (χ1v) is 9.63. The molecule has 150 valence electrons. The summed E-state index contributed by atoms with van der Waals surface area (Å²) in [6, 6.07) is 11.5. The molecule has 0 saturated carbocycles. The van der Waals surface area contributed by atoms with Gasteiger partial charge in [0, 0.05) is 52.0 Å². The highest BCUT2D eigenvalue weighted by atomic mass is 16.5. The molecular weight excluding hydrogens is 354 g/mol. The summed E-state index contributed by atoms with van der Waals surface area (Å²) >= 11 is 0. The first-order valence-electron chi connectivity index (χ1n) is 9.63. The van der Waals surface area contributed by atoms with Gasteiger partial charge in [-0.1, -0.05) is 18.2 Å².